The Labute approximate surface area is 185 Å². The second-order valence-electron chi connectivity index (χ2n) is 7.19. The molecule has 1 amide bonds. The minimum atomic E-state index is -3.48. The van der Waals surface area contributed by atoms with Crippen molar-refractivity contribution in [3.8, 4) is 0 Å². The Balaban J connectivity index is 1.81. The zero-order chi connectivity index (χ0) is 21.9. The predicted octanol–water partition coefficient (Wildman–Crippen LogP) is 5.28. The molecule has 0 aliphatic rings. The second-order valence-corrected chi connectivity index (χ2v) is 9.95. The van der Waals surface area contributed by atoms with Crippen molar-refractivity contribution in [3.05, 3.63) is 93.5 Å². The van der Waals surface area contributed by atoms with Crippen LogP contribution in [0, 0.1) is 13.8 Å². The Morgan fingerprint density at radius 3 is 2.30 bits per heavy atom. The highest BCUT2D eigenvalue weighted by Crippen LogP contribution is 2.26. The van der Waals surface area contributed by atoms with Crippen molar-refractivity contribution in [2.24, 2.45) is 0 Å². The third kappa shape index (κ3) is 5.29. The van der Waals surface area contributed by atoms with E-state index in [1.54, 1.807) is 24.3 Å². The summed E-state index contributed by atoms with van der Waals surface area (Å²) in [5.41, 5.74) is 4.50. The van der Waals surface area contributed by atoms with E-state index in [0.29, 0.717) is 16.9 Å². The number of aryl methyl sites for hydroxylation is 2. The van der Waals surface area contributed by atoms with Crippen LogP contribution in [-0.4, -0.2) is 20.6 Å². The van der Waals surface area contributed by atoms with Gasteiger partial charge in [0.25, 0.3) is 5.91 Å². The third-order valence-corrected chi connectivity index (χ3v) is 6.52. The van der Waals surface area contributed by atoms with Crippen molar-refractivity contribution in [1.82, 2.24) is 0 Å². The maximum Gasteiger partial charge on any atom is 0.255 e. The molecule has 0 atom stereocenters. The largest absolute Gasteiger partial charge is 0.321 e. The van der Waals surface area contributed by atoms with Gasteiger partial charge in [-0.3, -0.25) is 9.10 Å². The van der Waals surface area contributed by atoms with E-state index in [2.05, 4.69) is 21.2 Å². The molecule has 30 heavy (non-hydrogen) atoms. The van der Waals surface area contributed by atoms with E-state index < -0.39 is 10.0 Å². The summed E-state index contributed by atoms with van der Waals surface area (Å²) in [5.74, 6) is -0.233. The fourth-order valence-corrected chi connectivity index (χ4v) is 4.38. The van der Waals surface area contributed by atoms with Crippen LogP contribution in [-0.2, 0) is 16.6 Å². The van der Waals surface area contributed by atoms with Crippen LogP contribution in [0.2, 0.25) is 0 Å². The standard InChI is InChI=1S/C23H23BrN2O3S/c1-16-8-9-17(2)22(14-16)26(30(3,28)29)15-18-10-12-19(13-11-18)23(27)25-21-7-5-4-6-20(21)24/h4-14H,15H2,1-3H3,(H,25,27). The van der Waals surface area contributed by atoms with Gasteiger partial charge in [0.1, 0.15) is 0 Å². The van der Waals surface area contributed by atoms with Crippen molar-refractivity contribution in [2.75, 3.05) is 15.9 Å². The number of nitrogens with zero attached hydrogens (tertiary/aromatic N) is 1. The topological polar surface area (TPSA) is 66.5 Å². The molecule has 3 aromatic carbocycles. The van der Waals surface area contributed by atoms with E-state index in [-0.39, 0.29) is 12.5 Å². The lowest BCUT2D eigenvalue weighted by Gasteiger charge is -2.25. The van der Waals surface area contributed by atoms with E-state index >= 15 is 0 Å². The number of hydrogen-bond donors (Lipinski definition) is 1. The molecule has 3 aromatic rings. The van der Waals surface area contributed by atoms with Crippen molar-refractivity contribution in [1.29, 1.82) is 0 Å². The summed E-state index contributed by atoms with van der Waals surface area (Å²) in [7, 11) is -3.48. The van der Waals surface area contributed by atoms with Crippen LogP contribution < -0.4 is 9.62 Å². The summed E-state index contributed by atoms with van der Waals surface area (Å²) in [4.78, 5) is 12.5. The number of carbonyl (C=O) groups is 1. The minimum absolute atomic E-state index is 0.190. The lowest BCUT2D eigenvalue weighted by atomic mass is 10.1. The van der Waals surface area contributed by atoms with Crippen LogP contribution in [0.15, 0.2) is 71.2 Å². The third-order valence-electron chi connectivity index (χ3n) is 4.70. The summed E-state index contributed by atoms with van der Waals surface area (Å²) < 4.78 is 27.1. The zero-order valence-electron chi connectivity index (χ0n) is 17.0. The first kappa shape index (κ1) is 22.1. The van der Waals surface area contributed by atoms with Gasteiger partial charge in [0.05, 0.1) is 24.2 Å². The molecule has 0 aliphatic heterocycles. The average molecular weight is 487 g/mol. The fourth-order valence-electron chi connectivity index (χ4n) is 3.05. The second kappa shape index (κ2) is 9.02. The van der Waals surface area contributed by atoms with E-state index in [4.69, 9.17) is 0 Å². The van der Waals surface area contributed by atoms with Gasteiger partial charge in [0.15, 0.2) is 0 Å². The lowest BCUT2D eigenvalue weighted by molar-refractivity contribution is 0.102. The first-order valence-corrected chi connectivity index (χ1v) is 12.0. The normalized spacial score (nSPS) is 11.2. The number of rotatable bonds is 6. The quantitative estimate of drug-likeness (QED) is 0.514. The Morgan fingerprint density at radius 2 is 1.67 bits per heavy atom. The van der Waals surface area contributed by atoms with E-state index in [1.165, 1.54) is 10.6 Å². The van der Waals surface area contributed by atoms with Crippen LogP contribution in [0.5, 0.6) is 0 Å². The molecule has 7 heteroatoms. The van der Waals surface area contributed by atoms with Crippen molar-refractivity contribution >= 4 is 43.2 Å². The number of sulfonamides is 1. The first-order chi connectivity index (χ1) is 14.1. The molecule has 0 radical (unpaired) electrons. The molecule has 3 rings (SSSR count). The molecule has 1 N–H and O–H groups in total. The Bertz CT molecular complexity index is 1180. The van der Waals surface area contributed by atoms with E-state index in [9.17, 15) is 13.2 Å². The highest BCUT2D eigenvalue weighted by Gasteiger charge is 2.20. The molecule has 156 valence electrons. The number of benzene rings is 3. The molecule has 0 saturated heterocycles. The molecule has 0 heterocycles. The molecule has 0 spiro atoms. The van der Waals surface area contributed by atoms with Crippen LogP contribution >= 0.6 is 15.9 Å². The lowest BCUT2D eigenvalue weighted by Crippen LogP contribution is -2.30. The first-order valence-electron chi connectivity index (χ1n) is 9.35. The van der Waals surface area contributed by atoms with Gasteiger partial charge in [0.2, 0.25) is 10.0 Å². The van der Waals surface area contributed by atoms with Crippen LogP contribution in [0.25, 0.3) is 0 Å². The molecule has 0 saturated carbocycles. The van der Waals surface area contributed by atoms with Crippen molar-refractivity contribution < 1.29 is 13.2 Å². The van der Waals surface area contributed by atoms with Crippen molar-refractivity contribution in [3.63, 3.8) is 0 Å². The summed E-state index contributed by atoms with van der Waals surface area (Å²) in [6.45, 7) is 4.01. The fraction of sp³-hybridized carbons (Fsp3) is 0.174. The Hall–Kier alpha value is -2.64. The van der Waals surface area contributed by atoms with Gasteiger partial charge in [-0.1, -0.05) is 36.4 Å². The smallest absolute Gasteiger partial charge is 0.255 e. The number of hydrogen-bond acceptors (Lipinski definition) is 3. The molecular weight excluding hydrogens is 464 g/mol. The molecule has 0 aliphatic carbocycles. The number of nitrogens with one attached hydrogen (secondary N) is 1. The van der Waals surface area contributed by atoms with Crippen molar-refractivity contribution in [2.45, 2.75) is 20.4 Å². The highest BCUT2D eigenvalue weighted by atomic mass is 79.9. The Morgan fingerprint density at radius 1 is 1.00 bits per heavy atom. The molecule has 5 nitrogen and oxygen atoms in total. The van der Waals surface area contributed by atoms with Crippen LogP contribution in [0.3, 0.4) is 0 Å². The monoisotopic (exact) mass is 486 g/mol. The Kier molecular flexibility index (Phi) is 6.63. The van der Waals surface area contributed by atoms with Gasteiger partial charge in [-0.05, 0) is 76.8 Å². The maximum absolute atomic E-state index is 12.5. The van der Waals surface area contributed by atoms with Crippen LogP contribution in [0.4, 0.5) is 11.4 Å². The molecule has 0 fully saturated rings. The van der Waals surface area contributed by atoms with E-state index in [1.807, 2.05) is 56.3 Å². The van der Waals surface area contributed by atoms with Gasteiger partial charge in [-0.25, -0.2) is 8.42 Å². The van der Waals surface area contributed by atoms with Crippen LogP contribution in [0.1, 0.15) is 27.0 Å². The minimum Gasteiger partial charge on any atom is -0.321 e. The van der Waals surface area contributed by atoms with Gasteiger partial charge in [-0.15, -0.1) is 0 Å². The number of para-hydroxylation sites is 1. The maximum atomic E-state index is 12.5. The molecule has 0 bridgehead atoms. The summed E-state index contributed by atoms with van der Waals surface area (Å²) >= 11 is 3.41. The zero-order valence-corrected chi connectivity index (χ0v) is 19.4. The molecule has 0 unspecified atom stereocenters. The predicted molar refractivity (Wildman–Crippen MR) is 125 cm³/mol. The SMILES string of the molecule is Cc1ccc(C)c(N(Cc2ccc(C(=O)Nc3ccccc3Br)cc2)S(C)(=O)=O)c1. The summed E-state index contributed by atoms with van der Waals surface area (Å²) in [6.07, 6.45) is 1.20. The molecular formula is C23H23BrN2O3S. The summed E-state index contributed by atoms with van der Waals surface area (Å²) in [6, 6.07) is 20.1. The van der Waals surface area contributed by atoms with Gasteiger partial charge < -0.3 is 5.32 Å². The number of anilines is 2. The summed E-state index contributed by atoms with van der Waals surface area (Å²) in [5, 5.41) is 2.86. The average Bonchev–Trinajstić information content (AvgIpc) is 2.69. The van der Waals surface area contributed by atoms with Gasteiger partial charge in [0, 0.05) is 10.0 Å². The molecule has 0 aromatic heterocycles. The highest BCUT2D eigenvalue weighted by molar-refractivity contribution is 9.10. The number of carbonyl (C=O) groups excluding carboxylic acids is 1. The number of halogens is 1. The number of amides is 1. The van der Waals surface area contributed by atoms with Gasteiger partial charge >= 0.3 is 0 Å². The van der Waals surface area contributed by atoms with Gasteiger partial charge in [-0.2, -0.15) is 0 Å². The van der Waals surface area contributed by atoms with E-state index in [0.717, 1.165) is 21.2 Å².